The summed E-state index contributed by atoms with van der Waals surface area (Å²) in [4.78, 5) is 11.7. The highest BCUT2D eigenvalue weighted by Gasteiger charge is 2.25. The number of amides is 1. The molecule has 2 rings (SSSR count). The zero-order valence-corrected chi connectivity index (χ0v) is 14.4. The standard InChI is InChI=1S/C16H21BrClNO/c1-3-5-10(6-4-2)16(17)12-7-11-8-15(20)19-14(11)9-13(12)18/h7,9-10,16H,3-6,8H2,1-2H3,(H,19,20). The Morgan fingerprint density at radius 1 is 1.30 bits per heavy atom. The maximum Gasteiger partial charge on any atom is 0.228 e. The molecule has 1 unspecified atom stereocenters. The van der Waals surface area contributed by atoms with E-state index < -0.39 is 0 Å². The number of anilines is 1. The molecule has 1 atom stereocenters. The Bertz CT molecular complexity index is 497. The molecule has 0 fully saturated rings. The van der Waals surface area contributed by atoms with Crippen LogP contribution in [0.2, 0.25) is 5.02 Å². The Morgan fingerprint density at radius 3 is 2.55 bits per heavy atom. The van der Waals surface area contributed by atoms with Crippen molar-refractivity contribution in [1.82, 2.24) is 0 Å². The monoisotopic (exact) mass is 357 g/mol. The molecule has 0 spiro atoms. The van der Waals surface area contributed by atoms with Gasteiger partial charge in [0.2, 0.25) is 5.91 Å². The second-order valence-electron chi connectivity index (χ2n) is 5.50. The lowest BCUT2D eigenvalue weighted by Crippen LogP contribution is -2.08. The highest BCUT2D eigenvalue weighted by atomic mass is 79.9. The Labute approximate surface area is 134 Å². The number of carbonyl (C=O) groups excluding carboxylic acids is 1. The van der Waals surface area contributed by atoms with Crippen molar-refractivity contribution in [3.8, 4) is 0 Å². The first-order valence-electron chi connectivity index (χ1n) is 7.33. The number of fused-ring (bicyclic) bond motifs is 1. The first-order valence-corrected chi connectivity index (χ1v) is 8.62. The molecule has 0 aromatic heterocycles. The number of hydrogen-bond donors (Lipinski definition) is 1. The van der Waals surface area contributed by atoms with Crippen LogP contribution in [-0.2, 0) is 11.2 Å². The van der Waals surface area contributed by atoms with Crippen LogP contribution < -0.4 is 5.32 Å². The fraction of sp³-hybridized carbons (Fsp3) is 0.562. The number of carbonyl (C=O) groups is 1. The van der Waals surface area contributed by atoms with Gasteiger partial charge in [-0.15, -0.1) is 0 Å². The van der Waals surface area contributed by atoms with Gasteiger partial charge in [-0.3, -0.25) is 4.79 Å². The number of alkyl halides is 1. The second kappa shape index (κ2) is 6.95. The van der Waals surface area contributed by atoms with Gasteiger partial charge in [0.25, 0.3) is 0 Å². The predicted octanol–water partition coefficient (Wildman–Crippen LogP) is 5.49. The molecule has 110 valence electrons. The highest BCUT2D eigenvalue weighted by molar-refractivity contribution is 9.09. The Hall–Kier alpha value is -0.540. The smallest absolute Gasteiger partial charge is 0.228 e. The summed E-state index contributed by atoms with van der Waals surface area (Å²) in [6, 6.07) is 3.98. The van der Waals surface area contributed by atoms with E-state index in [1.807, 2.05) is 6.07 Å². The molecular formula is C16H21BrClNO. The Balaban J connectivity index is 2.27. The molecule has 2 nitrogen and oxygen atoms in total. The van der Waals surface area contributed by atoms with Gasteiger partial charge in [-0.2, -0.15) is 0 Å². The van der Waals surface area contributed by atoms with E-state index in [1.54, 1.807) is 0 Å². The molecule has 1 aromatic carbocycles. The van der Waals surface area contributed by atoms with Gasteiger partial charge < -0.3 is 5.32 Å². The van der Waals surface area contributed by atoms with Crippen molar-refractivity contribution >= 4 is 39.1 Å². The summed E-state index contributed by atoms with van der Waals surface area (Å²) in [6.07, 6.45) is 5.19. The largest absolute Gasteiger partial charge is 0.325 e. The lowest BCUT2D eigenvalue weighted by Gasteiger charge is -2.23. The average Bonchev–Trinajstić information content (AvgIpc) is 2.76. The normalized spacial score (nSPS) is 15.3. The van der Waals surface area contributed by atoms with Crippen LogP contribution in [0.5, 0.6) is 0 Å². The molecular weight excluding hydrogens is 338 g/mol. The molecule has 1 amide bonds. The van der Waals surface area contributed by atoms with Gasteiger partial charge in [0.15, 0.2) is 0 Å². The van der Waals surface area contributed by atoms with E-state index in [0.29, 0.717) is 12.3 Å². The predicted molar refractivity (Wildman–Crippen MR) is 88.8 cm³/mol. The van der Waals surface area contributed by atoms with Gasteiger partial charge in [0.1, 0.15) is 0 Å². The van der Waals surface area contributed by atoms with E-state index in [0.717, 1.165) is 21.8 Å². The van der Waals surface area contributed by atoms with Gasteiger partial charge in [-0.25, -0.2) is 0 Å². The zero-order valence-electron chi connectivity index (χ0n) is 12.0. The third kappa shape index (κ3) is 3.37. The van der Waals surface area contributed by atoms with Crippen molar-refractivity contribution in [2.45, 2.75) is 50.8 Å². The van der Waals surface area contributed by atoms with Gasteiger partial charge in [0, 0.05) is 15.5 Å². The molecule has 0 saturated heterocycles. The lowest BCUT2D eigenvalue weighted by molar-refractivity contribution is -0.115. The summed E-state index contributed by atoms with van der Waals surface area (Å²) in [7, 11) is 0. The summed E-state index contributed by atoms with van der Waals surface area (Å²) in [5, 5.41) is 3.59. The third-order valence-corrected chi connectivity index (χ3v) is 5.45. The van der Waals surface area contributed by atoms with Crippen LogP contribution in [0.1, 0.15) is 55.5 Å². The first kappa shape index (κ1) is 15.8. The Morgan fingerprint density at radius 2 is 1.95 bits per heavy atom. The summed E-state index contributed by atoms with van der Waals surface area (Å²) < 4.78 is 0. The summed E-state index contributed by atoms with van der Waals surface area (Å²) >= 11 is 10.3. The van der Waals surface area contributed by atoms with Crippen molar-refractivity contribution in [2.24, 2.45) is 5.92 Å². The maximum absolute atomic E-state index is 11.5. The van der Waals surface area contributed by atoms with Crippen LogP contribution in [0.4, 0.5) is 5.69 Å². The topological polar surface area (TPSA) is 29.1 Å². The molecule has 1 N–H and O–H groups in total. The van der Waals surface area contributed by atoms with E-state index in [4.69, 9.17) is 11.6 Å². The SMILES string of the molecule is CCCC(CCC)C(Br)c1cc2c(cc1Cl)NC(=O)C2. The van der Waals surface area contributed by atoms with Crippen molar-refractivity contribution in [3.05, 3.63) is 28.3 Å². The van der Waals surface area contributed by atoms with Crippen molar-refractivity contribution < 1.29 is 4.79 Å². The van der Waals surface area contributed by atoms with Crippen LogP contribution in [0.3, 0.4) is 0 Å². The van der Waals surface area contributed by atoms with E-state index in [1.165, 1.54) is 25.7 Å². The van der Waals surface area contributed by atoms with Crippen LogP contribution >= 0.6 is 27.5 Å². The fourth-order valence-corrected chi connectivity index (χ4v) is 4.23. The average molecular weight is 359 g/mol. The molecule has 1 heterocycles. The van der Waals surface area contributed by atoms with Crippen molar-refractivity contribution in [2.75, 3.05) is 5.32 Å². The van der Waals surface area contributed by atoms with Gasteiger partial charge in [0.05, 0.1) is 6.42 Å². The minimum absolute atomic E-state index is 0.0537. The fourth-order valence-electron chi connectivity index (χ4n) is 2.91. The molecule has 4 heteroatoms. The number of hydrogen-bond acceptors (Lipinski definition) is 1. The molecule has 1 aliphatic heterocycles. The molecule has 0 bridgehead atoms. The highest BCUT2D eigenvalue weighted by Crippen LogP contribution is 2.42. The van der Waals surface area contributed by atoms with E-state index in [-0.39, 0.29) is 10.7 Å². The van der Waals surface area contributed by atoms with Crippen molar-refractivity contribution in [1.29, 1.82) is 0 Å². The third-order valence-electron chi connectivity index (χ3n) is 3.88. The minimum Gasteiger partial charge on any atom is -0.325 e. The lowest BCUT2D eigenvalue weighted by atomic mass is 9.90. The summed E-state index contributed by atoms with van der Waals surface area (Å²) in [6.45, 7) is 4.44. The number of rotatable bonds is 6. The van der Waals surface area contributed by atoms with Crippen LogP contribution in [-0.4, -0.2) is 5.91 Å². The summed E-state index contributed by atoms with van der Waals surface area (Å²) in [5.41, 5.74) is 3.05. The molecule has 20 heavy (non-hydrogen) atoms. The molecule has 0 saturated carbocycles. The number of halogens is 2. The van der Waals surface area contributed by atoms with E-state index in [9.17, 15) is 4.79 Å². The second-order valence-corrected chi connectivity index (χ2v) is 6.89. The number of nitrogens with one attached hydrogen (secondary N) is 1. The Kier molecular flexibility index (Phi) is 5.50. The van der Waals surface area contributed by atoms with E-state index in [2.05, 4.69) is 41.2 Å². The zero-order chi connectivity index (χ0) is 14.7. The molecule has 1 aromatic rings. The van der Waals surface area contributed by atoms with Crippen molar-refractivity contribution in [3.63, 3.8) is 0 Å². The molecule has 0 aliphatic carbocycles. The van der Waals surface area contributed by atoms with Crippen LogP contribution in [0.15, 0.2) is 12.1 Å². The number of benzene rings is 1. The van der Waals surface area contributed by atoms with Gasteiger partial charge in [-0.1, -0.05) is 60.3 Å². The summed E-state index contributed by atoms with van der Waals surface area (Å²) in [5.74, 6) is 0.642. The quantitative estimate of drug-likeness (QED) is 0.670. The van der Waals surface area contributed by atoms with Crippen LogP contribution in [0.25, 0.3) is 0 Å². The van der Waals surface area contributed by atoms with E-state index >= 15 is 0 Å². The first-order chi connectivity index (χ1) is 9.56. The minimum atomic E-state index is 0.0537. The van der Waals surface area contributed by atoms with Gasteiger partial charge >= 0.3 is 0 Å². The van der Waals surface area contributed by atoms with Crippen LogP contribution in [0, 0.1) is 5.92 Å². The molecule has 1 aliphatic rings. The maximum atomic E-state index is 11.5. The van der Waals surface area contributed by atoms with Gasteiger partial charge in [-0.05, 0) is 36.0 Å². The molecule has 0 radical (unpaired) electrons.